The predicted molar refractivity (Wildman–Crippen MR) is 56.0 cm³/mol. The number of hydrogen-bond donors (Lipinski definition) is 4. The van der Waals surface area contributed by atoms with E-state index in [4.69, 9.17) is 5.11 Å². The number of esters is 1. The van der Waals surface area contributed by atoms with E-state index in [-0.39, 0.29) is 12.9 Å². The largest absolute Gasteiger partial charge is 0.464 e. The molecule has 0 saturated heterocycles. The Kier molecular flexibility index (Phi) is 7.64. The summed E-state index contributed by atoms with van der Waals surface area (Å²) in [5.74, 6) is -1.11. The molecule has 7 nitrogen and oxygen atoms in total. The van der Waals surface area contributed by atoms with Crippen molar-refractivity contribution >= 4 is 12.3 Å². The topological polar surface area (TPSA) is 124 Å². The maximum Gasteiger partial charge on any atom is 0.337 e. The van der Waals surface area contributed by atoms with Gasteiger partial charge in [0.1, 0.15) is 18.3 Å². The van der Waals surface area contributed by atoms with E-state index in [0.717, 1.165) is 6.42 Å². The van der Waals surface area contributed by atoms with Crippen molar-refractivity contribution in [2.24, 2.45) is 0 Å². The zero-order chi connectivity index (χ0) is 13.4. The summed E-state index contributed by atoms with van der Waals surface area (Å²) in [6.07, 6.45) is -6.42. The number of aliphatic hydroxyl groups excluding tert-OH is 4. The Hall–Kier alpha value is -1.02. The van der Waals surface area contributed by atoms with Gasteiger partial charge in [-0.25, -0.2) is 4.79 Å². The van der Waals surface area contributed by atoms with Gasteiger partial charge in [-0.3, -0.25) is 0 Å². The van der Waals surface area contributed by atoms with Crippen LogP contribution in [0, 0.1) is 0 Å². The van der Waals surface area contributed by atoms with Crippen molar-refractivity contribution in [1.29, 1.82) is 0 Å². The molecule has 0 radical (unpaired) electrons. The highest BCUT2D eigenvalue weighted by atomic mass is 16.5. The van der Waals surface area contributed by atoms with E-state index in [0.29, 0.717) is 6.42 Å². The number of aliphatic hydroxyl groups is 4. The average molecular weight is 250 g/mol. The van der Waals surface area contributed by atoms with Crippen LogP contribution in [-0.2, 0) is 14.3 Å². The SMILES string of the molecule is CCCCOC(=O)[C@@H](O)[C@@H](O)[C@H](O)[C@H](O)C=O. The van der Waals surface area contributed by atoms with Crippen LogP contribution < -0.4 is 0 Å². The summed E-state index contributed by atoms with van der Waals surface area (Å²) in [6, 6.07) is 0. The number of carbonyl (C=O) groups excluding carboxylic acids is 2. The Labute approximate surface area is 98.6 Å². The van der Waals surface area contributed by atoms with Gasteiger partial charge in [0.15, 0.2) is 12.4 Å². The van der Waals surface area contributed by atoms with E-state index in [9.17, 15) is 24.9 Å². The van der Waals surface area contributed by atoms with E-state index in [2.05, 4.69) is 4.74 Å². The van der Waals surface area contributed by atoms with Gasteiger partial charge < -0.3 is 30.0 Å². The summed E-state index contributed by atoms with van der Waals surface area (Å²) in [6.45, 7) is 1.97. The maximum atomic E-state index is 11.2. The van der Waals surface area contributed by atoms with Crippen molar-refractivity contribution in [2.45, 2.75) is 44.2 Å². The highest BCUT2D eigenvalue weighted by Gasteiger charge is 2.35. The number of rotatable bonds is 8. The molecule has 0 spiro atoms. The molecule has 7 heteroatoms. The first-order valence-electron chi connectivity index (χ1n) is 5.29. The van der Waals surface area contributed by atoms with Crippen molar-refractivity contribution in [3.63, 3.8) is 0 Å². The molecule has 0 aromatic rings. The maximum absolute atomic E-state index is 11.2. The summed E-state index contributed by atoms with van der Waals surface area (Å²) in [5.41, 5.74) is 0. The molecule has 0 unspecified atom stereocenters. The molecule has 0 aromatic heterocycles. The first-order chi connectivity index (χ1) is 7.95. The molecule has 0 fully saturated rings. The highest BCUT2D eigenvalue weighted by molar-refractivity contribution is 5.75. The second-order valence-corrected chi connectivity index (χ2v) is 3.57. The zero-order valence-corrected chi connectivity index (χ0v) is 9.52. The second-order valence-electron chi connectivity index (χ2n) is 3.57. The minimum absolute atomic E-state index is 0.0109. The lowest BCUT2D eigenvalue weighted by Gasteiger charge is -2.22. The molecule has 0 saturated carbocycles. The lowest BCUT2D eigenvalue weighted by atomic mass is 10.0. The van der Waals surface area contributed by atoms with Gasteiger partial charge in [-0.05, 0) is 6.42 Å². The van der Waals surface area contributed by atoms with Gasteiger partial charge in [0.2, 0.25) is 0 Å². The number of ether oxygens (including phenoxy) is 1. The minimum Gasteiger partial charge on any atom is -0.464 e. The van der Waals surface area contributed by atoms with E-state index in [1.54, 1.807) is 0 Å². The normalized spacial score (nSPS) is 17.9. The molecule has 4 N–H and O–H groups in total. The zero-order valence-electron chi connectivity index (χ0n) is 9.52. The van der Waals surface area contributed by atoms with Crippen LogP contribution in [0.3, 0.4) is 0 Å². The predicted octanol–water partition coefficient (Wildman–Crippen LogP) is -2.03. The van der Waals surface area contributed by atoms with Gasteiger partial charge >= 0.3 is 5.97 Å². The second kappa shape index (κ2) is 8.13. The molecule has 0 aliphatic heterocycles. The van der Waals surface area contributed by atoms with Crippen LogP contribution in [0.4, 0.5) is 0 Å². The minimum atomic E-state index is -2.00. The van der Waals surface area contributed by atoms with E-state index in [1.807, 2.05) is 6.92 Å². The summed E-state index contributed by atoms with van der Waals surface area (Å²) in [5, 5.41) is 36.7. The van der Waals surface area contributed by atoms with Gasteiger partial charge in [-0.15, -0.1) is 0 Å². The van der Waals surface area contributed by atoms with E-state index in [1.165, 1.54) is 0 Å². The molecule has 17 heavy (non-hydrogen) atoms. The van der Waals surface area contributed by atoms with Crippen molar-refractivity contribution in [3.8, 4) is 0 Å². The molecule has 0 amide bonds. The molecular weight excluding hydrogens is 232 g/mol. The quantitative estimate of drug-likeness (QED) is 0.222. The van der Waals surface area contributed by atoms with Crippen LogP contribution in [0.25, 0.3) is 0 Å². The van der Waals surface area contributed by atoms with Crippen LogP contribution in [0.15, 0.2) is 0 Å². The molecule has 0 aliphatic rings. The molecule has 0 aliphatic carbocycles. The fourth-order valence-corrected chi connectivity index (χ4v) is 1.01. The van der Waals surface area contributed by atoms with Gasteiger partial charge in [0.25, 0.3) is 0 Å². The molecule has 0 heterocycles. The van der Waals surface area contributed by atoms with Gasteiger partial charge in [-0.2, -0.15) is 0 Å². The highest BCUT2D eigenvalue weighted by Crippen LogP contribution is 2.06. The Morgan fingerprint density at radius 1 is 1.24 bits per heavy atom. The molecule has 0 rings (SSSR count). The summed E-state index contributed by atoms with van der Waals surface area (Å²) in [7, 11) is 0. The lowest BCUT2D eigenvalue weighted by molar-refractivity contribution is -0.169. The summed E-state index contributed by atoms with van der Waals surface area (Å²) < 4.78 is 4.60. The van der Waals surface area contributed by atoms with Crippen LogP contribution >= 0.6 is 0 Å². The van der Waals surface area contributed by atoms with Crippen LogP contribution in [-0.4, -0.2) is 63.7 Å². The monoisotopic (exact) mass is 250 g/mol. The summed E-state index contributed by atoms with van der Waals surface area (Å²) >= 11 is 0. The molecule has 0 bridgehead atoms. The molecule has 0 aromatic carbocycles. The first kappa shape index (κ1) is 16.0. The fourth-order valence-electron chi connectivity index (χ4n) is 1.01. The van der Waals surface area contributed by atoms with Crippen molar-refractivity contribution in [2.75, 3.05) is 6.61 Å². The average Bonchev–Trinajstić information content (AvgIpc) is 2.35. The third kappa shape index (κ3) is 5.22. The van der Waals surface area contributed by atoms with E-state index >= 15 is 0 Å². The van der Waals surface area contributed by atoms with E-state index < -0.39 is 30.4 Å². The Bertz CT molecular complexity index is 243. The van der Waals surface area contributed by atoms with Crippen LogP contribution in [0.2, 0.25) is 0 Å². The third-order valence-corrected chi connectivity index (χ3v) is 2.15. The van der Waals surface area contributed by atoms with Crippen LogP contribution in [0.5, 0.6) is 0 Å². The standard InChI is InChI=1S/C10H18O7/c1-2-3-4-17-10(16)9(15)8(14)7(13)6(12)5-11/h5-9,12-15H,2-4H2,1H3/t6-,7-,8+,9+/m1/s1. The van der Waals surface area contributed by atoms with Crippen molar-refractivity contribution in [1.82, 2.24) is 0 Å². The van der Waals surface area contributed by atoms with Gasteiger partial charge in [0, 0.05) is 0 Å². The Morgan fingerprint density at radius 2 is 1.82 bits per heavy atom. The lowest BCUT2D eigenvalue weighted by Crippen LogP contribution is -2.48. The number of carbonyl (C=O) groups is 2. The van der Waals surface area contributed by atoms with Crippen molar-refractivity contribution < 1.29 is 34.8 Å². The first-order valence-corrected chi connectivity index (χ1v) is 5.29. The summed E-state index contributed by atoms with van der Waals surface area (Å²) in [4.78, 5) is 21.3. The van der Waals surface area contributed by atoms with Gasteiger partial charge in [-0.1, -0.05) is 13.3 Å². The Balaban J connectivity index is 4.23. The molecule has 100 valence electrons. The van der Waals surface area contributed by atoms with Crippen LogP contribution in [0.1, 0.15) is 19.8 Å². The number of hydrogen-bond acceptors (Lipinski definition) is 7. The smallest absolute Gasteiger partial charge is 0.337 e. The number of unbranched alkanes of at least 4 members (excludes halogenated alkanes) is 1. The molecule has 4 atom stereocenters. The number of aldehydes is 1. The van der Waals surface area contributed by atoms with Crippen molar-refractivity contribution in [3.05, 3.63) is 0 Å². The fraction of sp³-hybridized carbons (Fsp3) is 0.800. The Morgan fingerprint density at radius 3 is 2.29 bits per heavy atom. The van der Waals surface area contributed by atoms with Gasteiger partial charge in [0.05, 0.1) is 6.61 Å². The third-order valence-electron chi connectivity index (χ3n) is 2.15. The molecular formula is C10H18O7.